The van der Waals surface area contributed by atoms with E-state index in [1.165, 1.54) is 19.2 Å². The summed E-state index contributed by atoms with van der Waals surface area (Å²) in [5.41, 5.74) is 5.45. The Bertz CT molecular complexity index is 1080. The van der Waals surface area contributed by atoms with E-state index in [9.17, 15) is 14.4 Å². The average Bonchev–Trinajstić information content (AvgIpc) is 2.73. The van der Waals surface area contributed by atoms with Gasteiger partial charge in [0.25, 0.3) is 17.4 Å². The van der Waals surface area contributed by atoms with Gasteiger partial charge in [-0.15, -0.1) is 0 Å². The fraction of sp³-hybridized carbons (Fsp3) is 0.100. The quantitative estimate of drug-likeness (QED) is 0.625. The molecule has 29 heavy (non-hydrogen) atoms. The predicted octanol–water partition coefficient (Wildman–Crippen LogP) is 2.09. The van der Waals surface area contributed by atoms with Crippen LogP contribution in [0.3, 0.4) is 0 Å². The summed E-state index contributed by atoms with van der Waals surface area (Å²) in [7, 11) is 1.43. The summed E-state index contributed by atoms with van der Waals surface area (Å²) >= 11 is 5.83. The number of amides is 2. The second kappa shape index (κ2) is 9.03. The van der Waals surface area contributed by atoms with Crippen LogP contribution in [0.15, 0.2) is 65.5 Å². The number of hydrazine groups is 1. The van der Waals surface area contributed by atoms with Crippen LogP contribution in [0.4, 0.5) is 0 Å². The van der Waals surface area contributed by atoms with Crippen LogP contribution in [0.5, 0.6) is 5.75 Å². The van der Waals surface area contributed by atoms with Crippen LogP contribution in [0, 0.1) is 0 Å². The molecule has 2 N–H and O–H groups in total. The molecule has 2 amide bonds. The molecule has 148 valence electrons. The first-order valence-corrected chi connectivity index (χ1v) is 8.92. The van der Waals surface area contributed by atoms with Gasteiger partial charge in [0.05, 0.1) is 0 Å². The van der Waals surface area contributed by atoms with Crippen molar-refractivity contribution >= 4 is 23.4 Å². The minimum absolute atomic E-state index is 0.00194. The molecule has 0 spiro atoms. The molecule has 0 bridgehead atoms. The summed E-state index contributed by atoms with van der Waals surface area (Å²) in [6.45, 7) is 0.332. The first kappa shape index (κ1) is 20.1. The van der Waals surface area contributed by atoms with Crippen molar-refractivity contribution in [2.75, 3.05) is 0 Å². The molecule has 0 aliphatic carbocycles. The van der Waals surface area contributed by atoms with Crippen molar-refractivity contribution in [2.45, 2.75) is 6.61 Å². The summed E-state index contributed by atoms with van der Waals surface area (Å²) in [5.74, 6) is -0.443. The molecular weight excluding hydrogens is 396 g/mol. The van der Waals surface area contributed by atoms with Crippen molar-refractivity contribution in [1.82, 2.24) is 20.6 Å². The van der Waals surface area contributed by atoms with Crippen molar-refractivity contribution in [3.05, 3.63) is 92.9 Å². The molecule has 3 rings (SSSR count). The van der Waals surface area contributed by atoms with Crippen LogP contribution in [0.25, 0.3) is 0 Å². The zero-order valence-electron chi connectivity index (χ0n) is 15.4. The van der Waals surface area contributed by atoms with Gasteiger partial charge in [-0.2, -0.15) is 5.10 Å². The number of hydrogen-bond acceptors (Lipinski definition) is 5. The van der Waals surface area contributed by atoms with Crippen LogP contribution in [0.1, 0.15) is 26.4 Å². The summed E-state index contributed by atoms with van der Waals surface area (Å²) < 4.78 is 6.68. The fourth-order valence-electron chi connectivity index (χ4n) is 2.32. The molecule has 1 aromatic heterocycles. The molecule has 0 radical (unpaired) electrons. The highest BCUT2D eigenvalue weighted by atomic mass is 35.5. The third-order valence-corrected chi connectivity index (χ3v) is 4.17. The number of nitrogens with zero attached hydrogens (tertiary/aromatic N) is 2. The van der Waals surface area contributed by atoms with E-state index in [1.54, 1.807) is 48.5 Å². The van der Waals surface area contributed by atoms with Gasteiger partial charge in [-0.1, -0.05) is 23.7 Å². The lowest BCUT2D eigenvalue weighted by Gasteiger charge is -2.09. The van der Waals surface area contributed by atoms with E-state index in [1.807, 2.05) is 0 Å². The Morgan fingerprint density at radius 3 is 2.28 bits per heavy atom. The standard InChI is InChI=1S/C20H17ClN4O4/c1-25-18(26)11-10-17(24-25)20(28)23-22-19(27)14-4-2-13(3-5-14)12-29-16-8-6-15(21)7-9-16/h2-11H,12H2,1H3,(H,22,27)(H,23,28). The number of benzene rings is 2. The average molecular weight is 413 g/mol. The van der Waals surface area contributed by atoms with Crippen LogP contribution in [0.2, 0.25) is 5.02 Å². The van der Waals surface area contributed by atoms with Crippen molar-refractivity contribution in [2.24, 2.45) is 7.05 Å². The topological polar surface area (TPSA) is 102 Å². The van der Waals surface area contributed by atoms with Crippen LogP contribution in [-0.2, 0) is 13.7 Å². The molecule has 0 atom stereocenters. The molecule has 8 nitrogen and oxygen atoms in total. The van der Waals surface area contributed by atoms with Crippen molar-refractivity contribution in [3.8, 4) is 5.75 Å². The Balaban J connectivity index is 1.53. The maximum Gasteiger partial charge on any atom is 0.290 e. The second-order valence-electron chi connectivity index (χ2n) is 6.03. The second-order valence-corrected chi connectivity index (χ2v) is 6.46. The molecular formula is C20H17ClN4O4. The maximum absolute atomic E-state index is 12.2. The number of halogens is 1. The first-order valence-electron chi connectivity index (χ1n) is 8.55. The SMILES string of the molecule is Cn1nc(C(=O)NNC(=O)c2ccc(COc3ccc(Cl)cc3)cc2)ccc1=O. The van der Waals surface area contributed by atoms with E-state index in [0.717, 1.165) is 10.2 Å². The summed E-state index contributed by atoms with van der Waals surface area (Å²) in [6.07, 6.45) is 0. The Hall–Kier alpha value is -3.65. The Kier molecular flexibility index (Phi) is 6.25. The molecule has 0 fully saturated rings. The third-order valence-electron chi connectivity index (χ3n) is 3.92. The molecule has 0 aliphatic rings. The summed E-state index contributed by atoms with van der Waals surface area (Å²) in [4.78, 5) is 35.5. The normalized spacial score (nSPS) is 10.3. The highest BCUT2D eigenvalue weighted by Gasteiger charge is 2.11. The zero-order chi connectivity index (χ0) is 20.8. The van der Waals surface area contributed by atoms with Crippen molar-refractivity contribution in [3.63, 3.8) is 0 Å². The smallest absolute Gasteiger partial charge is 0.290 e. The first-order chi connectivity index (χ1) is 13.9. The number of aromatic nitrogens is 2. The van der Waals surface area contributed by atoms with Gasteiger partial charge in [0, 0.05) is 23.7 Å². The van der Waals surface area contributed by atoms with Gasteiger partial charge in [-0.3, -0.25) is 25.2 Å². The summed E-state index contributed by atoms with van der Waals surface area (Å²) in [6, 6.07) is 16.3. The Morgan fingerprint density at radius 1 is 0.966 bits per heavy atom. The predicted molar refractivity (Wildman–Crippen MR) is 107 cm³/mol. The monoisotopic (exact) mass is 412 g/mol. The Labute approximate surface area is 171 Å². The van der Waals surface area contributed by atoms with Gasteiger partial charge in [0.2, 0.25) is 0 Å². The Morgan fingerprint density at radius 2 is 1.62 bits per heavy atom. The lowest BCUT2D eigenvalue weighted by Crippen LogP contribution is -2.42. The third kappa shape index (κ3) is 5.43. The highest BCUT2D eigenvalue weighted by Crippen LogP contribution is 2.17. The van der Waals surface area contributed by atoms with Crippen LogP contribution >= 0.6 is 11.6 Å². The minimum atomic E-state index is -0.637. The van der Waals surface area contributed by atoms with Gasteiger partial charge >= 0.3 is 0 Å². The van der Waals surface area contributed by atoms with Crippen LogP contribution < -0.4 is 21.1 Å². The minimum Gasteiger partial charge on any atom is -0.489 e. The van der Waals surface area contributed by atoms with Gasteiger partial charge in [0.1, 0.15) is 12.4 Å². The van der Waals surface area contributed by atoms with Crippen LogP contribution in [-0.4, -0.2) is 21.6 Å². The van der Waals surface area contributed by atoms with Gasteiger partial charge in [-0.05, 0) is 48.0 Å². The number of ether oxygens (including phenoxy) is 1. The van der Waals surface area contributed by atoms with Gasteiger partial charge < -0.3 is 4.74 Å². The van der Waals surface area contributed by atoms with E-state index in [2.05, 4.69) is 16.0 Å². The van der Waals surface area contributed by atoms with Gasteiger partial charge in [-0.25, -0.2) is 4.68 Å². The van der Waals surface area contributed by atoms with Crippen molar-refractivity contribution in [1.29, 1.82) is 0 Å². The van der Waals surface area contributed by atoms with E-state index in [4.69, 9.17) is 16.3 Å². The van der Waals surface area contributed by atoms with Crippen molar-refractivity contribution < 1.29 is 14.3 Å². The summed E-state index contributed by atoms with van der Waals surface area (Å²) in [5, 5.41) is 4.44. The lowest BCUT2D eigenvalue weighted by molar-refractivity contribution is 0.0842. The largest absolute Gasteiger partial charge is 0.489 e. The highest BCUT2D eigenvalue weighted by molar-refractivity contribution is 6.30. The molecule has 2 aromatic carbocycles. The molecule has 0 unspecified atom stereocenters. The molecule has 1 heterocycles. The van der Waals surface area contributed by atoms with Gasteiger partial charge in [0.15, 0.2) is 5.69 Å². The molecule has 3 aromatic rings. The number of rotatable bonds is 5. The number of carbonyl (C=O) groups is 2. The van der Waals surface area contributed by atoms with E-state index in [-0.39, 0.29) is 11.3 Å². The number of nitrogens with one attached hydrogen (secondary N) is 2. The molecule has 0 aliphatic heterocycles. The molecule has 9 heteroatoms. The maximum atomic E-state index is 12.2. The fourth-order valence-corrected chi connectivity index (χ4v) is 2.45. The molecule has 0 saturated heterocycles. The lowest BCUT2D eigenvalue weighted by atomic mass is 10.1. The van der Waals surface area contributed by atoms with E-state index in [0.29, 0.717) is 22.9 Å². The number of carbonyl (C=O) groups excluding carboxylic acids is 2. The molecule has 0 saturated carbocycles. The zero-order valence-corrected chi connectivity index (χ0v) is 16.1. The number of hydrogen-bond donors (Lipinski definition) is 2. The number of aryl methyl sites for hydroxylation is 1. The van der Waals surface area contributed by atoms with E-state index < -0.39 is 11.8 Å². The van der Waals surface area contributed by atoms with E-state index >= 15 is 0 Å².